The van der Waals surface area contributed by atoms with Gasteiger partial charge < -0.3 is 29.3 Å². The highest BCUT2D eigenvalue weighted by Crippen LogP contribution is 2.60. The second kappa shape index (κ2) is 17.2. The summed E-state index contributed by atoms with van der Waals surface area (Å²) in [7, 11) is -0.891. The van der Waals surface area contributed by atoms with Crippen LogP contribution in [0.25, 0.3) is 0 Å². The van der Waals surface area contributed by atoms with Gasteiger partial charge in [0.1, 0.15) is 5.75 Å². The molecule has 2 fully saturated rings. The molecule has 1 spiro atoms. The second-order valence-corrected chi connectivity index (χ2v) is 21.4. The molecule has 0 bridgehead atoms. The van der Waals surface area contributed by atoms with Crippen molar-refractivity contribution < 1.29 is 29.0 Å². The zero-order valence-electron chi connectivity index (χ0n) is 33.5. The van der Waals surface area contributed by atoms with E-state index in [1.165, 1.54) is 5.19 Å². The summed E-state index contributed by atoms with van der Waals surface area (Å²) in [5.41, 5.74) is 2.58. The molecule has 3 aliphatic rings. The summed E-state index contributed by atoms with van der Waals surface area (Å²) in [6.07, 6.45) is 4.00. The molecule has 3 amide bonds. The number of benzene rings is 4. The zero-order valence-corrected chi connectivity index (χ0v) is 35.2. The molecule has 300 valence electrons. The van der Waals surface area contributed by atoms with Gasteiger partial charge in [0.2, 0.25) is 11.8 Å². The lowest BCUT2D eigenvalue weighted by atomic mass is 9.82. The van der Waals surface area contributed by atoms with Crippen LogP contribution in [0.2, 0.25) is 23.7 Å². The van der Waals surface area contributed by atoms with Crippen LogP contribution in [0.3, 0.4) is 0 Å². The molecule has 1 N–H and O–H groups in total. The van der Waals surface area contributed by atoms with E-state index in [0.29, 0.717) is 30.1 Å². The van der Waals surface area contributed by atoms with Crippen molar-refractivity contribution in [1.82, 2.24) is 4.90 Å². The lowest BCUT2D eigenvalue weighted by Crippen LogP contribution is -2.52. The smallest absolute Gasteiger partial charge is 0.264 e. The number of carbonyl (C=O) groups excluding carboxylic acids is 3. The minimum atomic E-state index is -2.54. The van der Waals surface area contributed by atoms with Crippen LogP contribution in [0.5, 0.6) is 5.75 Å². The molecule has 0 aliphatic carbocycles. The van der Waals surface area contributed by atoms with Crippen LogP contribution < -0.4 is 19.7 Å². The fourth-order valence-corrected chi connectivity index (χ4v) is 13.8. The summed E-state index contributed by atoms with van der Waals surface area (Å²) in [5, 5.41) is 11.7. The topological polar surface area (TPSA) is 99.6 Å². The molecule has 4 aromatic rings. The third-order valence-corrected chi connectivity index (χ3v) is 17.1. The molecule has 3 heterocycles. The Morgan fingerprint density at radius 2 is 1.68 bits per heavy atom. The standard InChI is InChI=1S/C46H54ClN3O6Si/c1-32-44(57(3,4)38-21-19-37(55-2)20-22-38)41(29-43(53)48(25-26-51)30-33-13-8-7-9-14-33)56-46(32)39-28-35(47)18-23-40(39)50(45(46)54)31-34-15-12-16-36(27-34)49-24-11-6-5-10-17-42(49)52/h7-9,12-16,18-23,27-28,32,41,44,51H,5-6,10-11,17,24-26,29-31H2,1-4H3/t32-,41+,44-,46+/m1/s1. The molecule has 9 nitrogen and oxygen atoms in total. The normalized spacial score (nSPS) is 22.4. The number of fused-ring (bicyclic) bond motifs is 2. The van der Waals surface area contributed by atoms with Crippen molar-refractivity contribution >= 4 is 54.0 Å². The van der Waals surface area contributed by atoms with Gasteiger partial charge in [0, 0.05) is 48.2 Å². The molecular weight excluding hydrogens is 754 g/mol. The van der Waals surface area contributed by atoms with Gasteiger partial charge in [-0.2, -0.15) is 0 Å². The van der Waals surface area contributed by atoms with Gasteiger partial charge in [0.15, 0.2) is 5.60 Å². The fourth-order valence-electron chi connectivity index (χ4n) is 9.60. The minimum Gasteiger partial charge on any atom is -0.497 e. The van der Waals surface area contributed by atoms with Crippen molar-refractivity contribution in [2.45, 2.75) is 88.9 Å². The zero-order chi connectivity index (χ0) is 40.3. The number of hydrogen-bond acceptors (Lipinski definition) is 6. The Morgan fingerprint density at radius 1 is 0.947 bits per heavy atom. The number of amides is 3. The molecule has 57 heavy (non-hydrogen) atoms. The third-order valence-electron chi connectivity index (χ3n) is 12.5. The quantitative estimate of drug-likeness (QED) is 0.147. The van der Waals surface area contributed by atoms with Crippen LogP contribution in [0, 0.1) is 5.92 Å². The van der Waals surface area contributed by atoms with Gasteiger partial charge in [0.05, 0.1) is 46.5 Å². The Hall–Kier alpha value is -4.48. The molecule has 0 saturated carbocycles. The van der Waals surface area contributed by atoms with E-state index in [4.69, 9.17) is 21.1 Å². The summed E-state index contributed by atoms with van der Waals surface area (Å²) in [5.74, 6) is 0.229. The number of aliphatic hydroxyl groups is 1. The van der Waals surface area contributed by atoms with Crippen LogP contribution in [0.15, 0.2) is 97.1 Å². The summed E-state index contributed by atoms with van der Waals surface area (Å²) < 4.78 is 12.8. The molecule has 0 radical (unpaired) electrons. The first kappa shape index (κ1) is 40.7. The van der Waals surface area contributed by atoms with E-state index in [9.17, 15) is 14.7 Å². The van der Waals surface area contributed by atoms with E-state index < -0.39 is 19.8 Å². The number of aliphatic hydroxyl groups excluding tert-OH is 1. The van der Waals surface area contributed by atoms with Gasteiger partial charge in [0.25, 0.3) is 5.91 Å². The van der Waals surface area contributed by atoms with Crippen molar-refractivity contribution in [2.24, 2.45) is 5.92 Å². The van der Waals surface area contributed by atoms with Gasteiger partial charge in [-0.15, -0.1) is 0 Å². The first-order valence-corrected chi connectivity index (χ1v) is 23.7. The average molecular weight is 808 g/mol. The molecule has 4 atom stereocenters. The predicted octanol–water partition coefficient (Wildman–Crippen LogP) is 7.82. The number of nitrogens with zero attached hydrogens (tertiary/aromatic N) is 3. The van der Waals surface area contributed by atoms with E-state index in [1.54, 1.807) is 23.0 Å². The van der Waals surface area contributed by atoms with E-state index in [-0.39, 0.29) is 55.3 Å². The van der Waals surface area contributed by atoms with Crippen molar-refractivity contribution in [3.63, 3.8) is 0 Å². The largest absolute Gasteiger partial charge is 0.497 e. The van der Waals surface area contributed by atoms with E-state index in [2.05, 4.69) is 32.2 Å². The van der Waals surface area contributed by atoms with Crippen molar-refractivity contribution in [1.29, 1.82) is 0 Å². The highest BCUT2D eigenvalue weighted by molar-refractivity contribution is 6.91. The van der Waals surface area contributed by atoms with Crippen molar-refractivity contribution in [2.75, 3.05) is 36.6 Å². The number of rotatable bonds is 12. The van der Waals surface area contributed by atoms with Crippen LogP contribution >= 0.6 is 11.6 Å². The Labute approximate surface area is 342 Å². The predicted molar refractivity (Wildman–Crippen MR) is 228 cm³/mol. The molecular formula is C46H54ClN3O6Si. The van der Waals surface area contributed by atoms with E-state index in [0.717, 1.165) is 53.9 Å². The van der Waals surface area contributed by atoms with Crippen LogP contribution in [-0.4, -0.2) is 68.7 Å². The summed E-state index contributed by atoms with van der Waals surface area (Å²) in [6.45, 7) is 7.99. The minimum absolute atomic E-state index is 0.0469. The molecule has 11 heteroatoms. The second-order valence-electron chi connectivity index (χ2n) is 16.3. The van der Waals surface area contributed by atoms with Gasteiger partial charge in [-0.1, -0.05) is 104 Å². The van der Waals surface area contributed by atoms with Gasteiger partial charge in [-0.3, -0.25) is 14.4 Å². The van der Waals surface area contributed by atoms with Gasteiger partial charge in [-0.05, 0) is 72.0 Å². The summed E-state index contributed by atoms with van der Waals surface area (Å²) >= 11 is 6.75. The highest BCUT2D eigenvalue weighted by atomic mass is 35.5. The van der Waals surface area contributed by atoms with E-state index in [1.807, 2.05) is 83.8 Å². The Kier molecular flexibility index (Phi) is 12.3. The van der Waals surface area contributed by atoms with Gasteiger partial charge in [-0.25, -0.2) is 0 Å². The van der Waals surface area contributed by atoms with E-state index >= 15 is 4.79 Å². The number of ether oxygens (including phenoxy) is 2. The number of methoxy groups -OCH3 is 1. The molecule has 4 aromatic carbocycles. The number of anilines is 2. The number of carbonyl (C=O) groups is 3. The highest BCUT2D eigenvalue weighted by Gasteiger charge is 2.66. The maximum Gasteiger partial charge on any atom is 0.264 e. The monoisotopic (exact) mass is 807 g/mol. The maximum atomic E-state index is 15.4. The van der Waals surface area contributed by atoms with Crippen LogP contribution in [0.1, 0.15) is 62.1 Å². The van der Waals surface area contributed by atoms with Crippen molar-refractivity contribution in [3.05, 3.63) is 119 Å². The Morgan fingerprint density at radius 3 is 2.42 bits per heavy atom. The fraction of sp³-hybridized carbons (Fsp3) is 0.413. The van der Waals surface area contributed by atoms with Crippen LogP contribution in [-0.2, 0) is 37.8 Å². The van der Waals surface area contributed by atoms with Gasteiger partial charge >= 0.3 is 0 Å². The third kappa shape index (κ3) is 8.02. The van der Waals surface area contributed by atoms with Crippen molar-refractivity contribution in [3.8, 4) is 5.75 Å². The first-order chi connectivity index (χ1) is 27.5. The first-order valence-electron chi connectivity index (χ1n) is 20.2. The Bertz CT molecular complexity index is 2080. The molecule has 7 rings (SSSR count). The molecule has 3 aliphatic heterocycles. The lowest BCUT2D eigenvalue weighted by Gasteiger charge is -2.37. The molecule has 0 aromatic heterocycles. The summed E-state index contributed by atoms with van der Waals surface area (Å²) in [4.78, 5) is 48.4. The molecule has 0 unspecified atom stereocenters. The SMILES string of the molecule is COc1ccc([Si](C)(C)[C@H]2[C@H](CC(=O)N(CCO)Cc3ccccc3)O[C@@]3(C(=O)N(Cc4cccc(N5CCCCCCC5=O)c4)c4ccc(Cl)cc43)[C@@H]2C)cc1. The lowest BCUT2D eigenvalue weighted by molar-refractivity contribution is -0.150. The maximum absolute atomic E-state index is 15.4. The molecule has 2 saturated heterocycles. The summed E-state index contributed by atoms with van der Waals surface area (Å²) in [6, 6.07) is 31.4. The number of halogens is 1. The number of hydrogen-bond donors (Lipinski definition) is 1. The Balaban J connectivity index is 1.26. The van der Waals surface area contributed by atoms with Crippen LogP contribution in [0.4, 0.5) is 11.4 Å². The average Bonchev–Trinajstić information content (AvgIpc) is 3.62.